The molecule has 14 heteroatoms. The number of allylic oxidation sites excluding steroid dienone is 10. The molecule has 0 amide bonds. The zero-order valence-electron chi connectivity index (χ0n) is 37.5. The van der Waals surface area contributed by atoms with Crippen LogP contribution in [-0.2, 0) is 37.5 Å². The monoisotopic (exact) mass is 895 g/mol. The Hall–Kier alpha value is -3.00. The Bertz CT molecular complexity index is 1420. The Morgan fingerprint density at radius 1 is 0.726 bits per heavy atom. The molecular weight excluding hydrogens is 815 g/mol. The first kappa shape index (κ1) is 57.0. The van der Waals surface area contributed by atoms with Gasteiger partial charge < -0.3 is 34.8 Å². The summed E-state index contributed by atoms with van der Waals surface area (Å²) in [5.74, 6) is -1.82. The van der Waals surface area contributed by atoms with Crippen LogP contribution < -0.4 is 0 Å². The van der Waals surface area contributed by atoms with E-state index in [4.69, 9.17) is 19.1 Å². The normalized spacial score (nSPS) is 19.8. The Kier molecular flexibility index (Phi) is 34.4. The van der Waals surface area contributed by atoms with E-state index in [9.17, 15) is 39.2 Å². The number of unbranched alkanes of at least 4 members (excludes halogenated alkanes) is 8. The van der Waals surface area contributed by atoms with E-state index in [1.165, 1.54) is 19.3 Å². The number of carbonyl (C=O) groups is 3. The van der Waals surface area contributed by atoms with Gasteiger partial charge in [0.15, 0.2) is 6.10 Å². The molecule has 0 spiro atoms. The molecule has 1 fully saturated rings. The molecule has 5 N–H and O–H groups in total. The van der Waals surface area contributed by atoms with Crippen LogP contribution in [-0.4, -0.2) is 93.9 Å². The lowest BCUT2D eigenvalue weighted by molar-refractivity contribution is -0.161. The van der Waals surface area contributed by atoms with Crippen molar-refractivity contribution in [2.45, 2.75) is 173 Å². The topological polar surface area (TPSA) is 206 Å². The van der Waals surface area contributed by atoms with Crippen molar-refractivity contribution in [3.05, 3.63) is 72.9 Å². The second kappa shape index (κ2) is 37.4. The van der Waals surface area contributed by atoms with Gasteiger partial charge in [-0.3, -0.25) is 23.4 Å². The molecule has 7 atom stereocenters. The first-order valence-corrected chi connectivity index (χ1v) is 24.5. The predicted molar refractivity (Wildman–Crippen MR) is 243 cm³/mol. The molecule has 13 nitrogen and oxygen atoms in total. The summed E-state index contributed by atoms with van der Waals surface area (Å²) in [5.41, 5.74) is 0. The minimum absolute atomic E-state index is 0.0160. The molecule has 62 heavy (non-hydrogen) atoms. The maximum atomic E-state index is 12.7. The van der Waals surface area contributed by atoms with Gasteiger partial charge in [0.05, 0.1) is 32.0 Å². The zero-order valence-corrected chi connectivity index (χ0v) is 38.4. The van der Waals surface area contributed by atoms with Gasteiger partial charge in [0.1, 0.15) is 18.5 Å². The summed E-state index contributed by atoms with van der Waals surface area (Å²) in [6.07, 6.45) is 36.4. The van der Waals surface area contributed by atoms with E-state index >= 15 is 0 Å². The highest BCUT2D eigenvalue weighted by Crippen LogP contribution is 2.43. The fraction of sp³-hybridized carbons (Fsp3) is 0.688. The molecule has 1 unspecified atom stereocenters. The van der Waals surface area contributed by atoms with E-state index in [2.05, 4.69) is 60.9 Å². The van der Waals surface area contributed by atoms with Crippen molar-refractivity contribution in [2.24, 2.45) is 11.8 Å². The summed E-state index contributed by atoms with van der Waals surface area (Å²) < 4.78 is 32.7. The lowest BCUT2D eigenvalue weighted by atomic mass is 9.88. The van der Waals surface area contributed by atoms with E-state index in [1.54, 1.807) is 12.2 Å². The van der Waals surface area contributed by atoms with E-state index in [0.29, 0.717) is 38.5 Å². The van der Waals surface area contributed by atoms with Crippen molar-refractivity contribution in [3.8, 4) is 0 Å². The smallest absolute Gasteiger partial charge is 0.462 e. The van der Waals surface area contributed by atoms with Crippen molar-refractivity contribution in [2.75, 3.05) is 26.4 Å². The first-order chi connectivity index (χ1) is 29.9. The predicted octanol–water partition coefficient (Wildman–Crippen LogP) is 9.03. The zero-order chi connectivity index (χ0) is 45.7. The number of ketones is 1. The van der Waals surface area contributed by atoms with Gasteiger partial charge in [-0.05, 0) is 64.2 Å². The number of aliphatic hydroxyl groups is 4. The van der Waals surface area contributed by atoms with Gasteiger partial charge in [-0.15, -0.1) is 0 Å². The van der Waals surface area contributed by atoms with Gasteiger partial charge in [-0.2, -0.15) is 0 Å². The third kappa shape index (κ3) is 30.9. The molecule has 0 radical (unpaired) electrons. The lowest BCUT2D eigenvalue weighted by Crippen LogP contribution is -2.29. The first-order valence-electron chi connectivity index (χ1n) is 23.0. The van der Waals surface area contributed by atoms with Crippen molar-refractivity contribution in [1.29, 1.82) is 0 Å². The molecule has 0 aromatic heterocycles. The van der Waals surface area contributed by atoms with Crippen molar-refractivity contribution in [3.63, 3.8) is 0 Å². The number of ether oxygens (including phenoxy) is 2. The Balaban J connectivity index is 2.48. The molecule has 1 rings (SSSR count). The minimum Gasteiger partial charge on any atom is -0.462 e. The largest absolute Gasteiger partial charge is 0.472 e. The van der Waals surface area contributed by atoms with E-state index in [0.717, 1.165) is 57.8 Å². The highest BCUT2D eigenvalue weighted by Gasteiger charge is 2.39. The van der Waals surface area contributed by atoms with Crippen LogP contribution in [0.3, 0.4) is 0 Å². The number of carbonyl (C=O) groups excluding carboxylic acids is 3. The van der Waals surface area contributed by atoms with E-state index in [1.807, 2.05) is 18.2 Å². The van der Waals surface area contributed by atoms with Crippen LogP contribution in [0.25, 0.3) is 0 Å². The van der Waals surface area contributed by atoms with Crippen LogP contribution in [0.15, 0.2) is 72.9 Å². The fourth-order valence-electron chi connectivity index (χ4n) is 6.64. The summed E-state index contributed by atoms with van der Waals surface area (Å²) in [5, 5.41) is 39.1. The molecule has 1 aliphatic rings. The molecule has 0 heterocycles. The number of hydrogen-bond donors (Lipinski definition) is 5. The van der Waals surface area contributed by atoms with Crippen molar-refractivity contribution in [1.82, 2.24) is 0 Å². The summed E-state index contributed by atoms with van der Waals surface area (Å²) in [4.78, 5) is 47.8. The number of rotatable bonds is 38. The maximum absolute atomic E-state index is 12.7. The van der Waals surface area contributed by atoms with Crippen molar-refractivity contribution >= 4 is 25.5 Å². The number of Topliss-reactive ketones (excluding diaryl/α,β-unsaturated/α-hetero) is 1. The number of hydrogen-bond acceptors (Lipinski definition) is 12. The van der Waals surface area contributed by atoms with Gasteiger partial charge in [0.2, 0.25) is 0 Å². The number of phosphoric acid groups is 1. The average molecular weight is 895 g/mol. The van der Waals surface area contributed by atoms with Crippen LogP contribution in [0.2, 0.25) is 0 Å². The standard InChI is InChI=1S/C48H79O13P/c1-3-5-7-8-9-10-11-12-13-14-15-16-17-18-19-20-21-22-27-31-47(54)58-38-42(39-60-62(56,57)59-37-41(51)36-49)61-48(55)32-28-24-23-26-30-43-44(46(53)35-45(43)52)34-33-40(50)29-25-6-4-2/h9-10,12-13,15-16,18-19,21-22,33-34,40-44,46,49-51,53H,3-8,11,14,17,20,23-32,35-39H2,1-2H3,(H,56,57)/b10-9-,13-12-,16-15-,19-18-,22-21-,34-33+/t40-,41-,42+,43+,44+,46+/m0/s1. The molecule has 0 aliphatic heterocycles. The van der Waals surface area contributed by atoms with Gasteiger partial charge in [-0.1, -0.05) is 138 Å². The Labute approximate surface area is 371 Å². The fourth-order valence-corrected chi connectivity index (χ4v) is 7.42. The third-order valence-corrected chi connectivity index (χ3v) is 11.2. The summed E-state index contributed by atoms with van der Waals surface area (Å²) in [6.45, 7) is 1.88. The van der Waals surface area contributed by atoms with Crippen molar-refractivity contribution < 1.29 is 62.8 Å². The van der Waals surface area contributed by atoms with Crippen LogP contribution in [0.1, 0.15) is 149 Å². The highest BCUT2D eigenvalue weighted by molar-refractivity contribution is 7.47. The molecule has 1 aliphatic carbocycles. The van der Waals surface area contributed by atoms with Gasteiger partial charge in [0, 0.05) is 31.1 Å². The van der Waals surface area contributed by atoms with Crippen LogP contribution in [0.5, 0.6) is 0 Å². The lowest BCUT2D eigenvalue weighted by Gasteiger charge is -2.20. The summed E-state index contributed by atoms with van der Waals surface area (Å²) in [7, 11) is -4.71. The second-order valence-electron chi connectivity index (χ2n) is 15.8. The van der Waals surface area contributed by atoms with Gasteiger partial charge in [-0.25, -0.2) is 4.57 Å². The maximum Gasteiger partial charge on any atom is 0.472 e. The Morgan fingerprint density at radius 3 is 1.94 bits per heavy atom. The molecule has 0 aromatic rings. The molecular formula is C48H79O13P. The molecule has 0 saturated heterocycles. The Morgan fingerprint density at radius 2 is 1.31 bits per heavy atom. The molecule has 354 valence electrons. The van der Waals surface area contributed by atoms with E-state index in [-0.39, 0.29) is 36.9 Å². The summed E-state index contributed by atoms with van der Waals surface area (Å²) in [6, 6.07) is 0. The number of aliphatic hydroxyl groups excluding tert-OH is 4. The van der Waals surface area contributed by atoms with Gasteiger partial charge in [0.25, 0.3) is 0 Å². The average Bonchev–Trinajstić information content (AvgIpc) is 3.52. The quantitative estimate of drug-likeness (QED) is 0.0170. The van der Waals surface area contributed by atoms with Crippen LogP contribution in [0, 0.1) is 11.8 Å². The highest BCUT2D eigenvalue weighted by atomic mass is 31.2. The SMILES string of the molecule is CCCCC/C=C\C/C=C\C/C=C\C/C=C\C/C=C\CCC(=O)OC[C@H](COP(=O)(O)OC[C@@H](O)CO)OC(=O)CCCCCC[C@H]1C(=O)C[C@@H](O)[C@@H]1/C=C/[C@@H](O)CCCCC. The number of phosphoric ester groups is 1. The molecule has 0 aromatic carbocycles. The molecule has 1 saturated carbocycles. The number of esters is 2. The third-order valence-electron chi connectivity index (χ3n) is 10.2. The second-order valence-corrected chi connectivity index (χ2v) is 17.3. The minimum atomic E-state index is -4.71. The van der Waals surface area contributed by atoms with Crippen LogP contribution in [0.4, 0.5) is 0 Å². The van der Waals surface area contributed by atoms with Crippen LogP contribution >= 0.6 is 7.82 Å². The summed E-state index contributed by atoms with van der Waals surface area (Å²) >= 11 is 0. The molecule has 0 bridgehead atoms. The van der Waals surface area contributed by atoms with Gasteiger partial charge >= 0.3 is 19.8 Å². The van der Waals surface area contributed by atoms with E-state index < -0.39 is 70.6 Å².